The van der Waals surface area contributed by atoms with Crippen molar-refractivity contribution in [2.24, 2.45) is 46.3 Å². The summed E-state index contributed by atoms with van der Waals surface area (Å²) >= 11 is 0. The van der Waals surface area contributed by atoms with Crippen LogP contribution in [-0.4, -0.2) is 48.9 Å². The summed E-state index contributed by atoms with van der Waals surface area (Å²) in [5.74, 6) is 4.79. The normalized spacial score (nSPS) is 42.9. The van der Waals surface area contributed by atoms with Crippen LogP contribution in [0.25, 0.3) is 0 Å². The van der Waals surface area contributed by atoms with E-state index in [2.05, 4.69) is 26.1 Å². The highest BCUT2D eigenvalue weighted by Gasteiger charge is 2.60. The van der Waals surface area contributed by atoms with Gasteiger partial charge >= 0.3 is 0 Å². The first-order valence-corrected chi connectivity index (χ1v) is 14.4. The number of aliphatic hydroxyl groups is 1. The average molecular weight is 477 g/mol. The second-order valence-corrected chi connectivity index (χ2v) is 13.8. The van der Waals surface area contributed by atoms with Gasteiger partial charge < -0.3 is 20.3 Å². The van der Waals surface area contributed by atoms with E-state index in [9.17, 15) is 15.1 Å². The van der Waals surface area contributed by atoms with Crippen molar-refractivity contribution in [1.29, 1.82) is 0 Å². The Bertz CT molecular complexity index is 721. The van der Waals surface area contributed by atoms with E-state index in [0.717, 1.165) is 55.3 Å². The first-order chi connectivity index (χ1) is 15.9. The van der Waals surface area contributed by atoms with E-state index < -0.39 is 0 Å². The number of hydrogen-bond acceptors (Lipinski definition) is 3. The van der Waals surface area contributed by atoms with Gasteiger partial charge in [0.25, 0.3) is 0 Å². The van der Waals surface area contributed by atoms with Gasteiger partial charge in [0.1, 0.15) is 0 Å². The summed E-state index contributed by atoms with van der Waals surface area (Å²) < 4.78 is -0.294. The van der Waals surface area contributed by atoms with Crippen molar-refractivity contribution in [3.63, 3.8) is 0 Å². The van der Waals surface area contributed by atoms with Crippen LogP contribution in [0, 0.1) is 51.5 Å². The fourth-order valence-electron chi connectivity index (χ4n) is 9.55. The number of nitrogens with zero attached hydrogens (tertiary/aromatic N) is 1. The van der Waals surface area contributed by atoms with Crippen molar-refractivity contribution in [3.8, 4) is 0 Å². The molecule has 0 heterocycles. The highest BCUT2D eigenvalue weighted by atomic mass is 16.5. The summed E-state index contributed by atoms with van der Waals surface area (Å²) in [7, 11) is 3.30. The molecule has 4 fully saturated rings. The zero-order valence-corrected chi connectivity index (χ0v) is 22.7. The largest absolute Gasteiger partial charge is 0.633 e. The maximum atomic E-state index is 12.4. The van der Waals surface area contributed by atoms with Gasteiger partial charge in [0.2, 0.25) is 5.91 Å². The van der Waals surface area contributed by atoms with Crippen LogP contribution in [0.3, 0.4) is 0 Å². The lowest BCUT2D eigenvalue weighted by atomic mass is 9.44. The number of amides is 1. The van der Waals surface area contributed by atoms with Crippen molar-refractivity contribution >= 4 is 5.91 Å². The Labute approximate surface area is 208 Å². The van der Waals surface area contributed by atoms with Crippen LogP contribution in [0.4, 0.5) is 0 Å². The Hall–Kier alpha value is -0.650. The summed E-state index contributed by atoms with van der Waals surface area (Å²) in [4.78, 5) is 12.4. The molecule has 1 amide bonds. The number of fused-ring (bicyclic) bond motifs is 5. The van der Waals surface area contributed by atoms with Crippen LogP contribution in [0.2, 0.25) is 0 Å². The third kappa shape index (κ3) is 5.22. The topological polar surface area (TPSA) is 72.4 Å². The number of nitrogens with one attached hydrogen (secondary N) is 1. The molecule has 4 aliphatic carbocycles. The van der Waals surface area contributed by atoms with E-state index in [4.69, 9.17) is 0 Å². The lowest BCUT2D eigenvalue weighted by molar-refractivity contribution is -0.840. The number of hydrogen-bond donors (Lipinski definition) is 2. The maximum Gasteiger partial charge on any atom is 0.220 e. The van der Waals surface area contributed by atoms with E-state index in [1.165, 1.54) is 44.9 Å². The van der Waals surface area contributed by atoms with Gasteiger partial charge in [-0.25, -0.2) is 0 Å². The molecule has 34 heavy (non-hydrogen) atoms. The van der Waals surface area contributed by atoms with E-state index in [-0.39, 0.29) is 16.7 Å². The molecule has 5 heteroatoms. The molecule has 0 bridgehead atoms. The molecule has 0 aromatic heterocycles. The smallest absolute Gasteiger partial charge is 0.220 e. The monoisotopic (exact) mass is 476 g/mol. The molecule has 196 valence electrons. The molecule has 1 unspecified atom stereocenters. The molecule has 2 N–H and O–H groups in total. The minimum Gasteiger partial charge on any atom is -0.633 e. The van der Waals surface area contributed by atoms with E-state index in [1.807, 2.05) is 0 Å². The summed E-state index contributed by atoms with van der Waals surface area (Å²) in [6.07, 6.45) is 13.7. The Kier molecular flexibility index (Phi) is 7.78. The zero-order chi connectivity index (χ0) is 24.7. The van der Waals surface area contributed by atoms with Crippen molar-refractivity contribution in [1.82, 2.24) is 5.32 Å². The predicted molar refractivity (Wildman–Crippen MR) is 138 cm³/mol. The second-order valence-electron chi connectivity index (χ2n) is 13.8. The van der Waals surface area contributed by atoms with Crippen molar-refractivity contribution < 1.29 is 14.5 Å². The summed E-state index contributed by atoms with van der Waals surface area (Å²) in [6, 6.07) is 0. The van der Waals surface area contributed by atoms with Gasteiger partial charge in [-0.2, -0.15) is 0 Å². The zero-order valence-electron chi connectivity index (χ0n) is 22.7. The van der Waals surface area contributed by atoms with Gasteiger partial charge in [0.05, 0.1) is 26.7 Å². The predicted octanol–water partition coefficient (Wildman–Crippen LogP) is 5.50. The SMILES string of the molecule is C[C@H](CCC(=O)NCCC[N+](C)(C)[O-])[C@H]1CCC2[C@@H]3CC[C@@H]4C[C@H](O)CC[C@]4(C)[C@H]3CC[C@@]21C. The van der Waals surface area contributed by atoms with Gasteiger partial charge in [-0.3, -0.25) is 4.79 Å². The second kappa shape index (κ2) is 10.0. The third-order valence-electron chi connectivity index (χ3n) is 11.4. The molecule has 0 aromatic rings. The Morgan fingerprint density at radius 1 is 1.06 bits per heavy atom. The van der Waals surface area contributed by atoms with Gasteiger partial charge in [-0.05, 0) is 111 Å². The van der Waals surface area contributed by atoms with Crippen LogP contribution < -0.4 is 5.32 Å². The van der Waals surface area contributed by atoms with Gasteiger partial charge in [-0.15, -0.1) is 0 Å². The molecule has 0 aromatic carbocycles. The first kappa shape index (κ1) is 26.4. The minimum atomic E-state index is -0.294. The molecule has 0 spiro atoms. The lowest BCUT2D eigenvalue weighted by Crippen LogP contribution is -2.54. The molecular weight excluding hydrogens is 424 g/mol. The van der Waals surface area contributed by atoms with Gasteiger partial charge in [-0.1, -0.05) is 20.8 Å². The number of rotatable bonds is 8. The molecule has 0 aliphatic heterocycles. The number of hydroxylamine groups is 3. The molecule has 4 rings (SSSR count). The highest BCUT2D eigenvalue weighted by molar-refractivity contribution is 5.75. The molecule has 4 aliphatic rings. The molecule has 0 saturated heterocycles. The Morgan fingerprint density at radius 3 is 2.50 bits per heavy atom. The average Bonchev–Trinajstić information content (AvgIpc) is 3.12. The van der Waals surface area contributed by atoms with E-state index in [0.29, 0.717) is 36.3 Å². The van der Waals surface area contributed by atoms with Gasteiger partial charge in [0.15, 0.2) is 0 Å². The lowest BCUT2D eigenvalue weighted by Gasteiger charge is -2.61. The first-order valence-electron chi connectivity index (χ1n) is 14.4. The molecule has 9 atom stereocenters. The fourth-order valence-corrected chi connectivity index (χ4v) is 9.55. The summed E-state index contributed by atoms with van der Waals surface area (Å²) in [5, 5.41) is 25.0. The Morgan fingerprint density at radius 2 is 1.76 bits per heavy atom. The van der Waals surface area contributed by atoms with Crippen LogP contribution in [0.1, 0.15) is 97.8 Å². The number of aliphatic hydroxyl groups excluding tert-OH is 1. The molecular formula is C29H52N2O3. The van der Waals surface area contributed by atoms with Crippen molar-refractivity contribution in [2.45, 2.75) is 104 Å². The van der Waals surface area contributed by atoms with Crippen molar-refractivity contribution in [3.05, 3.63) is 5.21 Å². The maximum absolute atomic E-state index is 12.4. The van der Waals surface area contributed by atoms with E-state index >= 15 is 0 Å². The van der Waals surface area contributed by atoms with Crippen LogP contribution in [0.15, 0.2) is 0 Å². The standard InChI is InChI=1S/C29H52N2O3/c1-20(7-12-27(33)30-17-6-18-31(4,5)34)24-10-11-25-23-9-8-21-19-22(32)13-15-28(21,2)26(23)14-16-29(24,25)3/h20-26,32H,6-19H2,1-5H3,(H,30,33)/t20-,21-,22-,23+,24-,25?,26+,28+,29-/m1/s1. The number of carbonyl (C=O) groups is 1. The van der Waals surface area contributed by atoms with Gasteiger partial charge in [0, 0.05) is 19.4 Å². The summed E-state index contributed by atoms with van der Waals surface area (Å²) in [6.45, 7) is 8.73. The highest BCUT2D eigenvalue weighted by Crippen LogP contribution is 2.68. The molecule has 5 nitrogen and oxygen atoms in total. The Balaban J connectivity index is 1.31. The molecule has 4 saturated carbocycles. The quantitative estimate of drug-likeness (QED) is 0.276. The fraction of sp³-hybridized carbons (Fsp3) is 0.966. The summed E-state index contributed by atoms with van der Waals surface area (Å²) in [5.41, 5.74) is 0.886. The van der Waals surface area contributed by atoms with Crippen molar-refractivity contribution in [2.75, 3.05) is 27.2 Å². The van der Waals surface area contributed by atoms with Crippen LogP contribution >= 0.6 is 0 Å². The van der Waals surface area contributed by atoms with E-state index in [1.54, 1.807) is 14.1 Å². The third-order valence-corrected chi connectivity index (χ3v) is 11.4. The van der Waals surface area contributed by atoms with Crippen LogP contribution in [-0.2, 0) is 4.79 Å². The van der Waals surface area contributed by atoms with Crippen LogP contribution in [0.5, 0.6) is 0 Å². The minimum absolute atomic E-state index is 0.0601. The number of quaternary nitrogens is 1. The molecule has 0 radical (unpaired) electrons. The number of carbonyl (C=O) groups excluding carboxylic acids is 1.